The maximum atomic E-state index is 12.0. The summed E-state index contributed by atoms with van der Waals surface area (Å²) < 4.78 is 1.91. The molecule has 160 valence electrons. The van der Waals surface area contributed by atoms with Gasteiger partial charge in [-0.1, -0.05) is 30.3 Å². The zero-order valence-electron chi connectivity index (χ0n) is 18.2. The fraction of sp³-hybridized carbons (Fsp3) is 0.476. The molecule has 2 aromatic rings. The summed E-state index contributed by atoms with van der Waals surface area (Å²) >= 11 is 0. The van der Waals surface area contributed by atoms with Crippen LogP contribution in [0.25, 0.3) is 0 Å². The Morgan fingerprint density at radius 2 is 1.90 bits per heavy atom. The van der Waals surface area contributed by atoms with Crippen LogP contribution in [-0.4, -0.2) is 53.2 Å². The lowest BCUT2D eigenvalue weighted by atomic mass is 10.1. The van der Waals surface area contributed by atoms with Gasteiger partial charge >= 0.3 is 0 Å². The first kappa shape index (κ1) is 24.9. The molecule has 2 N–H and O–H groups in total. The third-order valence-electron chi connectivity index (χ3n) is 4.72. The lowest BCUT2D eigenvalue weighted by molar-refractivity contribution is -0.127. The van der Waals surface area contributed by atoms with Gasteiger partial charge in [-0.3, -0.25) is 9.48 Å². The molecular formula is C21H33IN6O. The smallest absolute Gasteiger partial charge is 0.241 e. The number of aryl methyl sites for hydroxylation is 2. The molecule has 0 fully saturated rings. The van der Waals surface area contributed by atoms with Crippen LogP contribution in [0.2, 0.25) is 0 Å². The first-order chi connectivity index (χ1) is 13.3. The van der Waals surface area contributed by atoms with E-state index in [-0.39, 0.29) is 42.5 Å². The first-order valence-electron chi connectivity index (χ1n) is 9.56. The van der Waals surface area contributed by atoms with Gasteiger partial charge in [-0.15, -0.1) is 24.0 Å². The van der Waals surface area contributed by atoms with Crippen molar-refractivity contribution in [3.05, 3.63) is 52.8 Å². The maximum Gasteiger partial charge on any atom is 0.241 e. The lowest BCUT2D eigenvalue weighted by Gasteiger charge is -2.19. The topological polar surface area (TPSA) is 74.5 Å². The van der Waals surface area contributed by atoms with Gasteiger partial charge in [0.05, 0.1) is 18.8 Å². The Kier molecular flexibility index (Phi) is 10.1. The van der Waals surface area contributed by atoms with Gasteiger partial charge in [-0.05, 0) is 38.3 Å². The number of guanidine groups is 1. The number of nitrogens with zero attached hydrogens (tertiary/aromatic N) is 4. The van der Waals surface area contributed by atoms with Gasteiger partial charge in [0.1, 0.15) is 0 Å². The Labute approximate surface area is 191 Å². The van der Waals surface area contributed by atoms with Crippen LogP contribution in [-0.2, 0) is 24.8 Å². The summed E-state index contributed by atoms with van der Waals surface area (Å²) in [6, 6.07) is 10.2. The molecule has 0 spiro atoms. The average Bonchev–Trinajstić information content (AvgIpc) is 2.90. The first-order valence-corrected chi connectivity index (χ1v) is 9.56. The number of benzene rings is 1. The van der Waals surface area contributed by atoms with Gasteiger partial charge in [0.25, 0.3) is 0 Å². The molecule has 1 heterocycles. The molecule has 1 aromatic heterocycles. The second-order valence-electron chi connectivity index (χ2n) is 7.31. The van der Waals surface area contributed by atoms with E-state index in [4.69, 9.17) is 0 Å². The fourth-order valence-electron chi connectivity index (χ4n) is 2.93. The molecule has 0 saturated carbocycles. The largest absolute Gasteiger partial charge is 0.354 e. The van der Waals surface area contributed by atoms with Crippen LogP contribution in [0.15, 0.2) is 35.3 Å². The number of likely N-dealkylation sites (N-methyl/N-ethyl adjacent to an activating group) is 1. The van der Waals surface area contributed by atoms with Crippen LogP contribution in [0.3, 0.4) is 0 Å². The highest BCUT2D eigenvalue weighted by Gasteiger charge is 2.15. The number of aromatic nitrogens is 2. The minimum Gasteiger partial charge on any atom is -0.354 e. The molecule has 0 radical (unpaired) electrons. The van der Waals surface area contributed by atoms with Crippen LogP contribution in [0.4, 0.5) is 0 Å². The summed E-state index contributed by atoms with van der Waals surface area (Å²) in [4.78, 5) is 18.2. The number of nitrogens with one attached hydrogen (secondary N) is 2. The van der Waals surface area contributed by atoms with Crippen LogP contribution in [0.1, 0.15) is 29.4 Å². The molecule has 7 nitrogen and oxygen atoms in total. The van der Waals surface area contributed by atoms with E-state index in [9.17, 15) is 4.79 Å². The zero-order chi connectivity index (χ0) is 20.7. The summed E-state index contributed by atoms with van der Waals surface area (Å²) in [7, 11) is 5.45. The summed E-state index contributed by atoms with van der Waals surface area (Å²) in [5, 5.41) is 11.1. The summed E-state index contributed by atoms with van der Waals surface area (Å²) in [5.74, 6) is 0.631. The molecule has 0 aliphatic rings. The highest BCUT2D eigenvalue weighted by molar-refractivity contribution is 14.0. The highest BCUT2D eigenvalue weighted by Crippen LogP contribution is 2.14. The van der Waals surface area contributed by atoms with Crippen molar-refractivity contribution in [3.63, 3.8) is 0 Å². The number of hydrogen-bond acceptors (Lipinski definition) is 3. The van der Waals surface area contributed by atoms with E-state index < -0.39 is 0 Å². The molecule has 1 unspecified atom stereocenters. The van der Waals surface area contributed by atoms with E-state index in [1.807, 2.05) is 49.0 Å². The highest BCUT2D eigenvalue weighted by atomic mass is 127. The number of amides is 1. The molecule has 0 bridgehead atoms. The van der Waals surface area contributed by atoms with Crippen LogP contribution < -0.4 is 10.6 Å². The Bertz CT molecular complexity index is 816. The second-order valence-corrected chi connectivity index (χ2v) is 7.31. The molecule has 1 aromatic carbocycles. The van der Waals surface area contributed by atoms with Crippen molar-refractivity contribution >= 4 is 35.8 Å². The molecule has 0 aliphatic heterocycles. The third-order valence-corrected chi connectivity index (χ3v) is 4.72. The third kappa shape index (κ3) is 7.68. The van der Waals surface area contributed by atoms with Crippen LogP contribution >= 0.6 is 24.0 Å². The van der Waals surface area contributed by atoms with E-state index in [0.717, 1.165) is 17.7 Å². The minimum atomic E-state index is 0. The molecule has 0 saturated heterocycles. The van der Waals surface area contributed by atoms with Gasteiger partial charge in [-0.25, -0.2) is 4.99 Å². The van der Waals surface area contributed by atoms with Gasteiger partial charge in [0.2, 0.25) is 5.91 Å². The molecule has 2 rings (SSSR count). The minimum absolute atomic E-state index is 0. The number of carbonyl (C=O) groups excluding carboxylic acids is 1. The van der Waals surface area contributed by atoms with Crippen molar-refractivity contribution < 1.29 is 4.79 Å². The quantitative estimate of drug-likeness (QED) is 0.340. The number of hydrogen-bond donors (Lipinski definition) is 2. The predicted octanol–water partition coefficient (Wildman–Crippen LogP) is 2.41. The number of rotatable bonds is 7. The molecule has 1 amide bonds. The zero-order valence-corrected chi connectivity index (χ0v) is 20.5. The lowest BCUT2D eigenvalue weighted by Crippen LogP contribution is -2.46. The molecule has 1 atom stereocenters. The molecular weight excluding hydrogens is 479 g/mol. The summed E-state index contributed by atoms with van der Waals surface area (Å²) in [6.45, 7) is 6.97. The Morgan fingerprint density at radius 1 is 1.24 bits per heavy atom. The Hall–Kier alpha value is -2.10. The van der Waals surface area contributed by atoms with Crippen molar-refractivity contribution in [1.29, 1.82) is 0 Å². The van der Waals surface area contributed by atoms with Gasteiger partial charge in [0.15, 0.2) is 5.96 Å². The Morgan fingerprint density at radius 3 is 2.45 bits per heavy atom. The molecule has 8 heteroatoms. The number of carbonyl (C=O) groups is 1. The van der Waals surface area contributed by atoms with Gasteiger partial charge in [0, 0.05) is 32.9 Å². The van der Waals surface area contributed by atoms with Crippen molar-refractivity contribution in [2.24, 2.45) is 12.0 Å². The van der Waals surface area contributed by atoms with E-state index >= 15 is 0 Å². The average molecular weight is 512 g/mol. The standard InChI is InChI=1S/C21H32N6O.HI/c1-15(12-19-16(2)25-27(6)17(19)3)24-21(23-14-20(28)26(4)5)22-13-18-10-8-7-9-11-18;/h7-11,15H,12-14H2,1-6H3,(H2,22,23,24);1H. The summed E-state index contributed by atoms with van der Waals surface area (Å²) in [6.07, 6.45) is 0.833. The van der Waals surface area contributed by atoms with E-state index in [1.54, 1.807) is 19.0 Å². The van der Waals surface area contributed by atoms with E-state index in [0.29, 0.717) is 12.5 Å². The van der Waals surface area contributed by atoms with Crippen molar-refractivity contribution in [2.75, 3.05) is 20.6 Å². The monoisotopic (exact) mass is 512 g/mol. The fourth-order valence-corrected chi connectivity index (χ4v) is 2.93. The van der Waals surface area contributed by atoms with E-state index in [2.05, 4.69) is 34.6 Å². The number of aliphatic imine (C=N–C) groups is 1. The van der Waals surface area contributed by atoms with Gasteiger partial charge in [-0.2, -0.15) is 5.10 Å². The Balaban J connectivity index is 0.00000420. The van der Waals surface area contributed by atoms with Crippen molar-refractivity contribution in [2.45, 2.75) is 39.8 Å². The van der Waals surface area contributed by atoms with Crippen LogP contribution in [0, 0.1) is 13.8 Å². The maximum absolute atomic E-state index is 12.0. The normalized spacial score (nSPS) is 12.1. The SMILES string of the molecule is Cc1nn(C)c(C)c1CC(C)NC(=NCc1ccccc1)NCC(=O)N(C)C.I. The molecule has 29 heavy (non-hydrogen) atoms. The molecule has 0 aliphatic carbocycles. The summed E-state index contributed by atoms with van der Waals surface area (Å²) in [5.41, 5.74) is 4.58. The second kappa shape index (κ2) is 11.8. The van der Waals surface area contributed by atoms with Gasteiger partial charge < -0.3 is 15.5 Å². The van der Waals surface area contributed by atoms with Crippen LogP contribution in [0.5, 0.6) is 0 Å². The predicted molar refractivity (Wildman–Crippen MR) is 129 cm³/mol. The van der Waals surface area contributed by atoms with E-state index in [1.165, 1.54) is 11.3 Å². The van der Waals surface area contributed by atoms with Crippen molar-refractivity contribution in [1.82, 2.24) is 25.3 Å². The number of halogens is 1. The van der Waals surface area contributed by atoms with Crippen molar-refractivity contribution in [3.8, 4) is 0 Å².